The summed E-state index contributed by atoms with van der Waals surface area (Å²) in [7, 11) is 1.67. The zero-order chi connectivity index (χ0) is 14.0. The number of hydrogen-bond donors (Lipinski definition) is 0. The van der Waals surface area contributed by atoms with Gasteiger partial charge in [-0.25, -0.2) is 4.98 Å². The Morgan fingerprint density at radius 1 is 1.32 bits per heavy atom. The van der Waals surface area contributed by atoms with Crippen molar-refractivity contribution in [1.29, 1.82) is 0 Å². The lowest BCUT2D eigenvalue weighted by Gasteiger charge is -2.01. The Morgan fingerprint density at radius 2 is 2.05 bits per heavy atom. The molecule has 2 aromatic rings. The molecule has 19 heavy (non-hydrogen) atoms. The molecule has 98 valence electrons. The topological polar surface area (TPSA) is 130 Å². The van der Waals surface area contributed by atoms with E-state index in [4.69, 9.17) is 0 Å². The average molecular weight is 282 g/mol. The Labute approximate surface area is 109 Å². The van der Waals surface area contributed by atoms with Gasteiger partial charge in [-0.2, -0.15) is 0 Å². The molecule has 11 heteroatoms. The number of aryl methyl sites for hydroxylation is 1. The molecular formula is C8H6N6O4S. The molecule has 0 radical (unpaired) electrons. The first kappa shape index (κ1) is 12.9. The van der Waals surface area contributed by atoms with Crippen LogP contribution in [0.4, 0.5) is 11.4 Å². The van der Waals surface area contributed by atoms with Crippen molar-refractivity contribution >= 4 is 23.1 Å². The predicted molar refractivity (Wildman–Crippen MR) is 62.7 cm³/mol. The van der Waals surface area contributed by atoms with Crippen LogP contribution in [-0.4, -0.2) is 29.6 Å². The molecule has 2 aromatic heterocycles. The smallest absolute Gasteiger partial charge is 0.308 e. The zero-order valence-corrected chi connectivity index (χ0v) is 10.3. The summed E-state index contributed by atoms with van der Waals surface area (Å²) in [6, 6.07) is 0.867. The summed E-state index contributed by atoms with van der Waals surface area (Å²) >= 11 is 0.910. The second-order valence-electron chi connectivity index (χ2n) is 3.36. The number of pyridine rings is 1. The van der Waals surface area contributed by atoms with Crippen LogP contribution in [0.1, 0.15) is 0 Å². The van der Waals surface area contributed by atoms with Gasteiger partial charge < -0.3 is 4.57 Å². The molecule has 0 amide bonds. The molecule has 0 aliphatic carbocycles. The minimum Gasteiger partial charge on any atom is -0.311 e. The zero-order valence-electron chi connectivity index (χ0n) is 9.46. The van der Waals surface area contributed by atoms with E-state index in [0.29, 0.717) is 5.16 Å². The van der Waals surface area contributed by atoms with Crippen LogP contribution < -0.4 is 0 Å². The normalized spacial score (nSPS) is 10.4. The molecule has 0 N–H and O–H groups in total. The van der Waals surface area contributed by atoms with Crippen molar-refractivity contribution in [3.63, 3.8) is 0 Å². The molecule has 0 fully saturated rings. The van der Waals surface area contributed by atoms with Gasteiger partial charge >= 0.3 is 5.69 Å². The van der Waals surface area contributed by atoms with Gasteiger partial charge in [0.2, 0.25) is 0 Å². The first-order valence-electron chi connectivity index (χ1n) is 4.79. The van der Waals surface area contributed by atoms with Crippen LogP contribution >= 0.6 is 11.8 Å². The van der Waals surface area contributed by atoms with E-state index in [0.717, 1.165) is 24.0 Å². The quantitative estimate of drug-likeness (QED) is 0.603. The molecule has 0 saturated carbocycles. The van der Waals surface area contributed by atoms with Crippen molar-refractivity contribution in [2.75, 3.05) is 0 Å². The van der Waals surface area contributed by atoms with Crippen LogP contribution in [0.15, 0.2) is 28.8 Å². The number of nitrogens with zero attached hydrogens (tertiary/aromatic N) is 6. The van der Waals surface area contributed by atoms with Crippen molar-refractivity contribution < 1.29 is 9.85 Å². The van der Waals surface area contributed by atoms with Crippen LogP contribution in [0.3, 0.4) is 0 Å². The van der Waals surface area contributed by atoms with Crippen molar-refractivity contribution in [2.45, 2.75) is 10.2 Å². The van der Waals surface area contributed by atoms with Crippen LogP contribution in [0.25, 0.3) is 0 Å². The van der Waals surface area contributed by atoms with E-state index in [-0.39, 0.29) is 5.03 Å². The molecule has 0 saturated heterocycles. The molecule has 0 aromatic carbocycles. The number of nitro groups is 2. The molecule has 2 rings (SSSR count). The van der Waals surface area contributed by atoms with Gasteiger partial charge in [0.05, 0.1) is 15.9 Å². The summed E-state index contributed by atoms with van der Waals surface area (Å²) in [6.07, 6.45) is 2.39. The summed E-state index contributed by atoms with van der Waals surface area (Å²) < 4.78 is 1.55. The molecule has 0 atom stereocenters. The van der Waals surface area contributed by atoms with E-state index in [1.165, 1.54) is 6.33 Å². The second kappa shape index (κ2) is 4.97. The molecule has 10 nitrogen and oxygen atoms in total. The average Bonchev–Trinajstić information content (AvgIpc) is 2.75. The Hall–Kier alpha value is -2.56. The van der Waals surface area contributed by atoms with E-state index in [2.05, 4.69) is 15.2 Å². The Kier molecular flexibility index (Phi) is 3.37. The van der Waals surface area contributed by atoms with Gasteiger partial charge in [-0.05, 0) is 11.8 Å². The Balaban J connectivity index is 2.43. The number of hydrogen-bond acceptors (Lipinski definition) is 8. The molecular weight excluding hydrogens is 276 g/mol. The summed E-state index contributed by atoms with van der Waals surface area (Å²) in [5.41, 5.74) is -0.879. The molecule has 0 aliphatic heterocycles. The van der Waals surface area contributed by atoms with Crippen molar-refractivity contribution in [1.82, 2.24) is 19.7 Å². The highest BCUT2D eigenvalue weighted by atomic mass is 32.2. The highest BCUT2D eigenvalue weighted by molar-refractivity contribution is 7.99. The third-order valence-electron chi connectivity index (χ3n) is 2.08. The lowest BCUT2D eigenvalue weighted by atomic mass is 10.4. The van der Waals surface area contributed by atoms with Gasteiger partial charge in [0.15, 0.2) is 10.2 Å². The molecule has 0 aliphatic rings. The summed E-state index contributed by atoms with van der Waals surface area (Å²) in [6.45, 7) is 0. The minimum atomic E-state index is -0.739. The highest BCUT2D eigenvalue weighted by Gasteiger charge is 2.23. The lowest BCUT2D eigenvalue weighted by molar-refractivity contribution is -0.396. The van der Waals surface area contributed by atoms with Crippen molar-refractivity contribution in [3.8, 4) is 0 Å². The van der Waals surface area contributed by atoms with Crippen LogP contribution in [0.2, 0.25) is 0 Å². The third-order valence-corrected chi connectivity index (χ3v) is 3.14. The first-order chi connectivity index (χ1) is 8.99. The van der Waals surface area contributed by atoms with Crippen molar-refractivity contribution in [2.24, 2.45) is 7.05 Å². The standard InChI is InChI=1S/C8H6N6O4S/c1-12-4-10-11-8(12)19-7-6(14(17)18)2-5(3-9-7)13(15)16/h2-4H,1H3. The van der Waals surface area contributed by atoms with E-state index >= 15 is 0 Å². The molecule has 0 unspecified atom stereocenters. The van der Waals surface area contributed by atoms with E-state index in [9.17, 15) is 20.2 Å². The monoisotopic (exact) mass is 282 g/mol. The van der Waals surface area contributed by atoms with E-state index < -0.39 is 21.2 Å². The summed E-state index contributed by atoms with van der Waals surface area (Å²) in [5, 5.41) is 29.3. The fraction of sp³-hybridized carbons (Fsp3) is 0.125. The molecule has 0 spiro atoms. The molecule has 0 bridgehead atoms. The van der Waals surface area contributed by atoms with E-state index in [1.54, 1.807) is 11.6 Å². The van der Waals surface area contributed by atoms with Crippen LogP contribution in [-0.2, 0) is 7.05 Å². The van der Waals surface area contributed by atoms with E-state index in [1.807, 2.05) is 0 Å². The fourth-order valence-corrected chi connectivity index (χ4v) is 1.99. The van der Waals surface area contributed by atoms with Crippen LogP contribution in [0.5, 0.6) is 0 Å². The number of rotatable bonds is 4. The maximum absolute atomic E-state index is 10.9. The number of aromatic nitrogens is 4. The largest absolute Gasteiger partial charge is 0.311 e. The van der Waals surface area contributed by atoms with Crippen LogP contribution in [0, 0.1) is 20.2 Å². The molecule has 2 heterocycles. The van der Waals surface area contributed by atoms with Crippen molar-refractivity contribution in [3.05, 3.63) is 38.8 Å². The maximum atomic E-state index is 10.9. The lowest BCUT2D eigenvalue weighted by Crippen LogP contribution is -1.98. The van der Waals surface area contributed by atoms with Gasteiger partial charge in [0.25, 0.3) is 5.69 Å². The maximum Gasteiger partial charge on any atom is 0.308 e. The second-order valence-corrected chi connectivity index (χ2v) is 4.31. The first-order valence-corrected chi connectivity index (χ1v) is 5.61. The van der Waals surface area contributed by atoms with Gasteiger partial charge in [-0.1, -0.05) is 0 Å². The summed E-state index contributed by atoms with van der Waals surface area (Å²) in [4.78, 5) is 23.7. The minimum absolute atomic E-state index is 0.0201. The predicted octanol–water partition coefficient (Wildman–Crippen LogP) is 1.18. The van der Waals surface area contributed by atoms with Gasteiger partial charge in [-0.15, -0.1) is 10.2 Å². The van der Waals surface area contributed by atoms with Gasteiger partial charge in [0.1, 0.15) is 12.5 Å². The third kappa shape index (κ3) is 2.65. The fourth-order valence-electron chi connectivity index (χ4n) is 1.19. The highest BCUT2D eigenvalue weighted by Crippen LogP contribution is 2.33. The van der Waals surface area contributed by atoms with Gasteiger partial charge in [-0.3, -0.25) is 20.2 Å². The Bertz CT molecular complexity index is 656. The SMILES string of the molecule is Cn1cnnc1Sc1ncc([N+](=O)[O-])cc1[N+](=O)[O-]. The Morgan fingerprint density at radius 3 is 2.58 bits per heavy atom. The summed E-state index contributed by atoms with van der Waals surface area (Å²) in [5.74, 6) is 0. The van der Waals surface area contributed by atoms with Gasteiger partial charge in [0, 0.05) is 7.05 Å².